The Morgan fingerprint density at radius 3 is 2.60 bits per heavy atom. The minimum absolute atomic E-state index is 0.138. The summed E-state index contributed by atoms with van der Waals surface area (Å²) in [7, 11) is 0. The van der Waals surface area contributed by atoms with Gasteiger partial charge in [0, 0.05) is 13.0 Å². The number of ketones is 1. The number of rotatable bonds is 8. The van der Waals surface area contributed by atoms with E-state index in [0.29, 0.717) is 12.8 Å². The first kappa shape index (κ1) is 14.5. The number of carbonyl (C=O) groups is 1. The molecule has 1 N–H and O–H groups in total. The molecule has 0 amide bonds. The SMILES string of the molecule is CCC(C)(F)C(O)OCCCCC(C)=O. The van der Waals surface area contributed by atoms with Gasteiger partial charge in [0.05, 0.1) is 0 Å². The van der Waals surface area contributed by atoms with E-state index in [0.717, 1.165) is 6.42 Å². The standard InChI is InChI=1S/C11H21FO3/c1-4-11(3,12)10(14)15-8-6-5-7-9(2)13/h10,14H,4-8H2,1-3H3. The Morgan fingerprint density at radius 2 is 2.13 bits per heavy atom. The molecule has 0 aliphatic carbocycles. The summed E-state index contributed by atoms with van der Waals surface area (Å²) < 4.78 is 18.4. The topological polar surface area (TPSA) is 46.5 Å². The van der Waals surface area contributed by atoms with Crippen LogP contribution in [0.3, 0.4) is 0 Å². The summed E-state index contributed by atoms with van der Waals surface area (Å²) in [5.74, 6) is 0.138. The van der Waals surface area contributed by atoms with Gasteiger partial charge in [-0.05, 0) is 33.1 Å². The van der Waals surface area contributed by atoms with Crippen molar-refractivity contribution < 1.29 is 19.0 Å². The first-order valence-corrected chi connectivity index (χ1v) is 5.38. The lowest BCUT2D eigenvalue weighted by atomic mass is 10.1. The molecule has 0 aliphatic heterocycles. The monoisotopic (exact) mass is 220 g/mol. The van der Waals surface area contributed by atoms with E-state index in [2.05, 4.69) is 0 Å². The number of alkyl halides is 1. The summed E-state index contributed by atoms with van der Waals surface area (Å²) >= 11 is 0. The number of hydrogen-bond donors (Lipinski definition) is 1. The highest BCUT2D eigenvalue weighted by Gasteiger charge is 2.31. The number of ether oxygens (including phenoxy) is 1. The average Bonchev–Trinajstić information content (AvgIpc) is 2.16. The Bertz CT molecular complexity index is 192. The van der Waals surface area contributed by atoms with Crippen LogP contribution in [0.25, 0.3) is 0 Å². The molecule has 0 bridgehead atoms. The fourth-order valence-electron chi connectivity index (χ4n) is 1.02. The molecule has 0 rings (SSSR count). The third kappa shape index (κ3) is 6.57. The van der Waals surface area contributed by atoms with Crippen LogP contribution >= 0.6 is 0 Å². The van der Waals surface area contributed by atoms with Gasteiger partial charge in [0.2, 0.25) is 0 Å². The van der Waals surface area contributed by atoms with Crippen LogP contribution in [-0.2, 0) is 9.53 Å². The normalized spacial score (nSPS) is 17.1. The van der Waals surface area contributed by atoms with E-state index in [1.165, 1.54) is 13.8 Å². The summed E-state index contributed by atoms with van der Waals surface area (Å²) in [6.07, 6.45) is 0.731. The fourth-order valence-corrected chi connectivity index (χ4v) is 1.02. The number of carbonyl (C=O) groups excluding carboxylic acids is 1. The molecule has 0 heterocycles. The van der Waals surface area contributed by atoms with Gasteiger partial charge in [-0.25, -0.2) is 4.39 Å². The van der Waals surface area contributed by atoms with Crippen LogP contribution in [0.5, 0.6) is 0 Å². The van der Waals surface area contributed by atoms with Gasteiger partial charge in [0.15, 0.2) is 12.0 Å². The summed E-state index contributed by atoms with van der Waals surface area (Å²) in [6.45, 7) is 4.79. The van der Waals surface area contributed by atoms with Crippen LogP contribution in [0.1, 0.15) is 46.5 Å². The minimum atomic E-state index is -1.69. The molecule has 3 nitrogen and oxygen atoms in total. The predicted molar refractivity (Wildman–Crippen MR) is 56.3 cm³/mol. The lowest BCUT2D eigenvalue weighted by molar-refractivity contribution is -0.178. The lowest BCUT2D eigenvalue weighted by Crippen LogP contribution is -2.36. The van der Waals surface area contributed by atoms with Crippen LogP contribution in [0, 0.1) is 0 Å². The van der Waals surface area contributed by atoms with Crippen molar-refractivity contribution in [2.75, 3.05) is 6.61 Å². The van der Waals surface area contributed by atoms with Gasteiger partial charge in [-0.1, -0.05) is 6.92 Å². The number of aliphatic hydroxyl groups is 1. The van der Waals surface area contributed by atoms with Crippen molar-refractivity contribution in [2.45, 2.75) is 58.4 Å². The molecule has 0 saturated heterocycles. The van der Waals surface area contributed by atoms with Gasteiger partial charge in [-0.2, -0.15) is 0 Å². The number of halogens is 1. The second-order valence-corrected chi connectivity index (χ2v) is 4.01. The van der Waals surface area contributed by atoms with Crippen molar-refractivity contribution in [1.82, 2.24) is 0 Å². The fraction of sp³-hybridized carbons (Fsp3) is 0.909. The quantitative estimate of drug-likeness (QED) is 0.504. The van der Waals surface area contributed by atoms with Gasteiger partial charge < -0.3 is 14.6 Å². The largest absolute Gasteiger partial charge is 0.365 e. The van der Waals surface area contributed by atoms with E-state index in [1.54, 1.807) is 6.92 Å². The van der Waals surface area contributed by atoms with E-state index < -0.39 is 12.0 Å². The summed E-state index contributed by atoms with van der Waals surface area (Å²) in [6, 6.07) is 0. The zero-order valence-corrected chi connectivity index (χ0v) is 9.75. The molecule has 15 heavy (non-hydrogen) atoms. The highest BCUT2D eigenvalue weighted by molar-refractivity contribution is 5.75. The molecule has 90 valence electrons. The lowest BCUT2D eigenvalue weighted by Gasteiger charge is -2.24. The van der Waals surface area contributed by atoms with Crippen molar-refractivity contribution >= 4 is 5.78 Å². The van der Waals surface area contributed by atoms with Crippen LogP contribution < -0.4 is 0 Å². The minimum Gasteiger partial charge on any atom is -0.365 e. The van der Waals surface area contributed by atoms with Crippen molar-refractivity contribution in [3.8, 4) is 0 Å². The molecule has 0 spiro atoms. The summed E-state index contributed by atoms with van der Waals surface area (Å²) in [5.41, 5.74) is -1.69. The second-order valence-electron chi connectivity index (χ2n) is 4.01. The van der Waals surface area contributed by atoms with Gasteiger partial charge in [0.1, 0.15) is 5.78 Å². The molecular weight excluding hydrogens is 199 g/mol. The van der Waals surface area contributed by atoms with E-state index in [1.807, 2.05) is 0 Å². The third-order valence-corrected chi connectivity index (χ3v) is 2.41. The highest BCUT2D eigenvalue weighted by Crippen LogP contribution is 2.20. The molecule has 0 saturated carbocycles. The number of unbranched alkanes of at least 4 members (excludes halogenated alkanes) is 1. The molecule has 0 aromatic carbocycles. The molecule has 2 atom stereocenters. The molecule has 4 heteroatoms. The van der Waals surface area contributed by atoms with Crippen LogP contribution in [0.2, 0.25) is 0 Å². The van der Waals surface area contributed by atoms with E-state index >= 15 is 0 Å². The van der Waals surface area contributed by atoms with E-state index in [4.69, 9.17) is 4.74 Å². The maximum atomic E-state index is 13.4. The smallest absolute Gasteiger partial charge is 0.188 e. The summed E-state index contributed by atoms with van der Waals surface area (Å²) in [5, 5.41) is 9.32. The Morgan fingerprint density at radius 1 is 1.53 bits per heavy atom. The highest BCUT2D eigenvalue weighted by atomic mass is 19.1. The first-order valence-electron chi connectivity index (χ1n) is 5.38. The zero-order chi connectivity index (χ0) is 11.9. The van der Waals surface area contributed by atoms with Crippen molar-refractivity contribution in [3.63, 3.8) is 0 Å². The average molecular weight is 220 g/mol. The molecule has 0 aromatic rings. The molecular formula is C11H21FO3. The Hall–Kier alpha value is -0.480. The second kappa shape index (κ2) is 6.90. The van der Waals surface area contributed by atoms with Gasteiger partial charge in [-0.3, -0.25) is 0 Å². The van der Waals surface area contributed by atoms with Crippen molar-refractivity contribution in [1.29, 1.82) is 0 Å². The molecule has 0 aliphatic rings. The van der Waals surface area contributed by atoms with Crippen molar-refractivity contribution in [3.05, 3.63) is 0 Å². The number of hydrogen-bond acceptors (Lipinski definition) is 3. The van der Waals surface area contributed by atoms with E-state index in [-0.39, 0.29) is 18.8 Å². The summed E-state index contributed by atoms with van der Waals surface area (Å²) in [4.78, 5) is 10.6. The molecule has 2 unspecified atom stereocenters. The maximum absolute atomic E-state index is 13.4. The van der Waals surface area contributed by atoms with Gasteiger partial charge in [0.25, 0.3) is 0 Å². The molecule has 0 aromatic heterocycles. The Balaban J connectivity index is 3.55. The van der Waals surface area contributed by atoms with Crippen molar-refractivity contribution in [2.24, 2.45) is 0 Å². The molecule has 0 radical (unpaired) electrons. The number of Topliss-reactive ketones (excluding diaryl/α,β-unsaturated/α-hetero) is 1. The van der Waals surface area contributed by atoms with Crippen LogP contribution in [0.4, 0.5) is 4.39 Å². The zero-order valence-electron chi connectivity index (χ0n) is 9.75. The number of aliphatic hydroxyl groups excluding tert-OH is 1. The third-order valence-electron chi connectivity index (χ3n) is 2.41. The predicted octanol–water partition coefficient (Wildman–Crippen LogP) is 2.22. The Kier molecular flexibility index (Phi) is 6.68. The van der Waals surface area contributed by atoms with Crippen LogP contribution in [-0.4, -0.2) is 29.5 Å². The first-order chi connectivity index (χ1) is 6.90. The van der Waals surface area contributed by atoms with E-state index in [9.17, 15) is 14.3 Å². The molecule has 0 fully saturated rings. The van der Waals surface area contributed by atoms with Gasteiger partial charge >= 0.3 is 0 Å². The maximum Gasteiger partial charge on any atom is 0.188 e. The Labute approximate surface area is 90.6 Å². The van der Waals surface area contributed by atoms with Gasteiger partial charge in [-0.15, -0.1) is 0 Å². The van der Waals surface area contributed by atoms with Crippen LogP contribution in [0.15, 0.2) is 0 Å².